The first kappa shape index (κ1) is 20.8. The van der Waals surface area contributed by atoms with E-state index in [0.29, 0.717) is 11.1 Å². The summed E-state index contributed by atoms with van der Waals surface area (Å²) in [4.78, 5) is 13.8. The van der Waals surface area contributed by atoms with Gasteiger partial charge in [0, 0.05) is 36.1 Å². The Balaban J connectivity index is 1.95. The third kappa shape index (κ3) is 4.93. The van der Waals surface area contributed by atoms with Gasteiger partial charge in [-0.25, -0.2) is 4.98 Å². The van der Waals surface area contributed by atoms with Gasteiger partial charge in [0.15, 0.2) is 0 Å². The van der Waals surface area contributed by atoms with Gasteiger partial charge in [0.2, 0.25) is 5.88 Å². The highest BCUT2D eigenvalue weighted by molar-refractivity contribution is 8.45. The lowest BCUT2D eigenvalue weighted by Crippen LogP contribution is -2.20. The van der Waals surface area contributed by atoms with Crippen LogP contribution in [-0.2, 0) is 6.54 Å². The van der Waals surface area contributed by atoms with Crippen LogP contribution in [0.1, 0.15) is 0 Å². The fourth-order valence-corrected chi connectivity index (χ4v) is 3.19. The highest BCUT2D eigenvalue weighted by Crippen LogP contribution is 3.02. The minimum absolute atomic E-state index is 0.00166. The smallest absolute Gasteiger partial charge is 0.310 e. The first-order chi connectivity index (χ1) is 13.4. The predicted octanol–water partition coefficient (Wildman–Crippen LogP) is 5.35. The lowest BCUT2D eigenvalue weighted by Gasteiger charge is -2.40. The summed E-state index contributed by atoms with van der Waals surface area (Å²) in [6, 6.07) is 8.02. The van der Waals surface area contributed by atoms with Crippen LogP contribution in [0.2, 0.25) is 0 Å². The molecule has 0 radical (unpaired) electrons. The molecule has 0 atom stereocenters. The molecule has 0 aliphatic rings. The molecule has 156 valence electrons. The summed E-state index contributed by atoms with van der Waals surface area (Å²) in [6.07, 6.45) is 2.85. The van der Waals surface area contributed by atoms with Crippen molar-refractivity contribution in [2.24, 2.45) is 0 Å². The lowest BCUT2D eigenvalue weighted by molar-refractivity contribution is 0.274. The molecule has 2 aromatic heterocycles. The van der Waals surface area contributed by atoms with E-state index >= 15 is 0 Å². The van der Waals surface area contributed by atoms with Gasteiger partial charge in [0.05, 0.1) is 6.61 Å². The molecule has 3 aromatic rings. The third-order valence-corrected chi connectivity index (χ3v) is 5.05. The molecule has 0 amide bonds. The maximum atomic E-state index is 12.8. The summed E-state index contributed by atoms with van der Waals surface area (Å²) in [7, 11) is -9.76. The van der Waals surface area contributed by atoms with E-state index in [1.54, 1.807) is 12.1 Å². The lowest BCUT2D eigenvalue weighted by atomic mass is 10.1. The number of benzene rings is 1. The summed E-state index contributed by atoms with van der Waals surface area (Å²) in [6.45, 7) is -0.183. The molecule has 11 heteroatoms. The SMILES string of the molecule is O=c1ccc(-c2cccnc2Oc2ccc(S(F)(F)(F)(F)F)cc2)cn1CCO. The van der Waals surface area contributed by atoms with Crippen molar-refractivity contribution < 1.29 is 29.3 Å². The van der Waals surface area contributed by atoms with E-state index in [2.05, 4.69) is 4.98 Å². The number of nitrogens with zero attached hydrogens (tertiary/aromatic N) is 2. The quantitative estimate of drug-likeness (QED) is 0.531. The molecule has 0 spiro atoms. The van der Waals surface area contributed by atoms with Crippen molar-refractivity contribution in [2.45, 2.75) is 11.4 Å². The Morgan fingerprint density at radius 1 is 1.00 bits per heavy atom. The second kappa shape index (κ2) is 6.56. The highest BCUT2D eigenvalue weighted by Gasteiger charge is 2.65. The summed E-state index contributed by atoms with van der Waals surface area (Å²) in [5.74, 6) is -0.124. The number of hydrogen-bond acceptors (Lipinski definition) is 4. The van der Waals surface area contributed by atoms with E-state index in [1.807, 2.05) is 0 Å². The Labute approximate surface area is 161 Å². The molecule has 29 heavy (non-hydrogen) atoms. The fraction of sp³-hybridized carbons (Fsp3) is 0.111. The second-order valence-corrected chi connectivity index (χ2v) is 8.48. The van der Waals surface area contributed by atoms with Gasteiger partial charge >= 0.3 is 10.2 Å². The number of aromatic nitrogens is 2. The highest BCUT2D eigenvalue weighted by atomic mass is 32.5. The predicted molar refractivity (Wildman–Crippen MR) is 98.9 cm³/mol. The van der Waals surface area contributed by atoms with E-state index in [4.69, 9.17) is 9.84 Å². The summed E-state index contributed by atoms with van der Waals surface area (Å²) < 4.78 is 70.9. The molecular weight excluding hydrogens is 419 g/mol. The zero-order valence-electron chi connectivity index (χ0n) is 14.6. The maximum Gasteiger partial charge on any atom is 0.310 e. The average Bonchev–Trinajstić information content (AvgIpc) is 2.63. The first-order valence-electron chi connectivity index (χ1n) is 8.16. The van der Waals surface area contributed by atoms with Crippen molar-refractivity contribution in [2.75, 3.05) is 6.61 Å². The van der Waals surface area contributed by atoms with Gasteiger partial charge in [-0.2, -0.15) is 0 Å². The van der Waals surface area contributed by atoms with Gasteiger partial charge in [0.1, 0.15) is 10.6 Å². The molecule has 1 N–H and O–H groups in total. The van der Waals surface area contributed by atoms with Crippen LogP contribution >= 0.6 is 10.2 Å². The molecule has 0 saturated heterocycles. The number of rotatable bonds is 6. The Kier molecular flexibility index (Phi) is 4.71. The molecule has 1 aromatic carbocycles. The third-order valence-electron chi connectivity index (χ3n) is 3.89. The molecule has 3 rings (SSSR count). The van der Waals surface area contributed by atoms with Crippen LogP contribution in [0.4, 0.5) is 19.4 Å². The Morgan fingerprint density at radius 2 is 1.69 bits per heavy atom. The van der Waals surface area contributed by atoms with Crippen LogP contribution < -0.4 is 10.3 Å². The largest absolute Gasteiger partial charge is 0.438 e. The molecular formula is C18H15F5N2O3S. The first-order valence-corrected chi connectivity index (χ1v) is 10.1. The zero-order chi connectivity index (χ0) is 21.3. The van der Waals surface area contributed by atoms with Gasteiger partial charge in [0.25, 0.3) is 5.56 Å². The van der Waals surface area contributed by atoms with E-state index in [9.17, 15) is 24.2 Å². The Morgan fingerprint density at radius 3 is 2.31 bits per heavy atom. The van der Waals surface area contributed by atoms with E-state index < -0.39 is 15.1 Å². The summed E-state index contributed by atoms with van der Waals surface area (Å²) in [5.41, 5.74) is 0.585. The zero-order valence-corrected chi connectivity index (χ0v) is 15.5. The monoisotopic (exact) mass is 434 g/mol. The van der Waals surface area contributed by atoms with Crippen molar-refractivity contribution in [3.8, 4) is 22.8 Å². The molecule has 2 heterocycles. The van der Waals surface area contributed by atoms with Gasteiger partial charge in [-0.3, -0.25) is 4.79 Å². The van der Waals surface area contributed by atoms with Crippen LogP contribution in [0.25, 0.3) is 11.1 Å². The fourth-order valence-electron chi connectivity index (χ4n) is 2.54. The number of pyridine rings is 2. The van der Waals surface area contributed by atoms with Crippen molar-refractivity contribution in [3.05, 3.63) is 71.3 Å². The number of halogens is 5. The Bertz CT molecular complexity index is 1100. The van der Waals surface area contributed by atoms with Crippen LogP contribution in [0.5, 0.6) is 11.6 Å². The average molecular weight is 434 g/mol. The van der Waals surface area contributed by atoms with E-state index in [0.717, 1.165) is 12.1 Å². The normalized spacial score (nSPS) is 14.1. The Hall–Kier alpha value is -2.92. The summed E-state index contributed by atoms with van der Waals surface area (Å²) >= 11 is 0. The maximum absolute atomic E-state index is 12.8. The topological polar surface area (TPSA) is 64.3 Å². The molecule has 5 nitrogen and oxygen atoms in total. The van der Waals surface area contributed by atoms with Gasteiger partial charge in [-0.05, 0) is 42.5 Å². The van der Waals surface area contributed by atoms with Crippen molar-refractivity contribution in [1.82, 2.24) is 9.55 Å². The van der Waals surface area contributed by atoms with E-state index in [1.165, 1.54) is 29.1 Å². The number of ether oxygens (including phenoxy) is 1. The van der Waals surface area contributed by atoms with Gasteiger partial charge < -0.3 is 14.4 Å². The van der Waals surface area contributed by atoms with Crippen molar-refractivity contribution in [3.63, 3.8) is 0 Å². The van der Waals surface area contributed by atoms with Gasteiger partial charge in [-0.15, -0.1) is 0 Å². The van der Waals surface area contributed by atoms with Crippen LogP contribution in [0.15, 0.2) is 70.6 Å². The standard InChI is InChI=1S/C18H15F5N2O3S/c19-29(20,21,22,23)15-6-4-14(5-7-15)28-18-16(2-1-9-24-18)13-3-8-17(27)25(12-13)10-11-26/h1-9,12,26H,10-11H2. The van der Waals surface area contributed by atoms with Crippen LogP contribution in [-0.4, -0.2) is 21.3 Å². The second-order valence-electron chi connectivity index (χ2n) is 6.07. The minimum atomic E-state index is -9.76. The number of aliphatic hydroxyl groups is 1. The molecule has 0 saturated carbocycles. The summed E-state index contributed by atoms with van der Waals surface area (Å²) in [5, 5.41) is 9.04. The minimum Gasteiger partial charge on any atom is -0.438 e. The molecule has 0 aliphatic carbocycles. The van der Waals surface area contributed by atoms with Crippen LogP contribution in [0.3, 0.4) is 0 Å². The molecule has 0 fully saturated rings. The molecule has 0 aliphatic heterocycles. The van der Waals surface area contributed by atoms with Crippen molar-refractivity contribution >= 4 is 10.2 Å². The van der Waals surface area contributed by atoms with E-state index in [-0.39, 0.29) is 42.5 Å². The number of aliphatic hydroxyl groups excluding tert-OH is 1. The molecule has 0 unspecified atom stereocenters. The van der Waals surface area contributed by atoms with Crippen molar-refractivity contribution in [1.29, 1.82) is 0 Å². The van der Waals surface area contributed by atoms with Crippen LogP contribution in [0, 0.1) is 0 Å². The molecule has 0 bridgehead atoms. The van der Waals surface area contributed by atoms with Gasteiger partial charge in [-0.1, -0.05) is 19.4 Å². The number of hydrogen-bond donors (Lipinski definition) is 1.